The summed E-state index contributed by atoms with van der Waals surface area (Å²) in [4.78, 5) is 20.5. The number of aryl methyl sites for hydroxylation is 2. The number of H-pyrrole nitrogens is 1. The van der Waals surface area contributed by atoms with E-state index in [-0.39, 0.29) is 5.56 Å². The van der Waals surface area contributed by atoms with Crippen LogP contribution in [0.1, 0.15) is 76.6 Å². The zero-order valence-electron chi connectivity index (χ0n) is 25.7. The van der Waals surface area contributed by atoms with Crippen molar-refractivity contribution in [2.45, 2.75) is 81.2 Å². The number of nitrogens with zero attached hydrogens (tertiary/aromatic N) is 2. The molecule has 5 nitrogen and oxygen atoms in total. The summed E-state index contributed by atoms with van der Waals surface area (Å²) in [5.74, 6) is 0. The number of hydrogen-bond acceptors (Lipinski definition) is 3. The summed E-state index contributed by atoms with van der Waals surface area (Å²) in [5.41, 5.74) is 5.18. The van der Waals surface area contributed by atoms with Crippen molar-refractivity contribution in [2.24, 2.45) is 0 Å². The molecule has 0 aliphatic carbocycles. The van der Waals surface area contributed by atoms with Crippen LogP contribution in [0.5, 0.6) is 0 Å². The van der Waals surface area contributed by atoms with Crippen molar-refractivity contribution in [3.8, 4) is 0 Å². The van der Waals surface area contributed by atoms with E-state index in [1.165, 1.54) is 24.0 Å². The van der Waals surface area contributed by atoms with Crippen molar-refractivity contribution >= 4 is 28.2 Å². The van der Waals surface area contributed by atoms with Crippen molar-refractivity contribution in [3.63, 3.8) is 0 Å². The molecule has 0 bridgehead atoms. The van der Waals surface area contributed by atoms with E-state index in [1.54, 1.807) is 0 Å². The van der Waals surface area contributed by atoms with Gasteiger partial charge >= 0.3 is 0 Å². The Balaban J connectivity index is 0.00000116. The van der Waals surface area contributed by atoms with Crippen molar-refractivity contribution in [1.29, 1.82) is 0 Å². The molecule has 3 aromatic rings. The molecule has 0 fully saturated rings. The number of fused-ring (bicyclic) bond motifs is 1. The van der Waals surface area contributed by atoms with Crippen LogP contribution in [-0.4, -0.2) is 52.6 Å². The molecule has 0 saturated heterocycles. The molecule has 1 heterocycles. The van der Waals surface area contributed by atoms with Crippen LogP contribution in [-0.2, 0) is 13.0 Å². The third-order valence-corrected chi connectivity index (χ3v) is 6.79. The molecule has 0 atom stereocenters. The minimum atomic E-state index is -0.0453. The fourth-order valence-electron chi connectivity index (χ4n) is 4.02. The Morgan fingerprint density at radius 2 is 1.51 bits per heavy atom. The van der Waals surface area contributed by atoms with Gasteiger partial charge in [-0.25, -0.2) is 0 Å². The maximum absolute atomic E-state index is 12.9. The lowest BCUT2D eigenvalue weighted by Crippen LogP contribution is -2.44. The van der Waals surface area contributed by atoms with Gasteiger partial charge in [-0.3, -0.25) is 4.79 Å². The lowest BCUT2D eigenvalue weighted by atomic mass is 10.0. The standard InChI is InChI=1S/C27H36N4OS.2C3H8/c1-5-30(6-2)16-17-31(27(33)28-15-14-22-10-8-7-9-11-22)19-24-18-23-13-12-20(3)21(4)25(23)29-26(24)32;2*1-3-2/h7-13,18H,5-6,14-17,19H2,1-4H3,(H,28,33)(H,29,32);2*3H2,1-2H3. The van der Waals surface area contributed by atoms with E-state index in [0.29, 0.717) is 11.7 Å². The number of hydrogen-bond donors (Lipinski definition) is 2. The van der Waals surface area contributed by atoms with E-state index in [9.17, 15) is 4.79 Å². The van der Waals surface area contributed by atoms with Gasteiger partial charge in [0.25, 0.3) is 5.56 Å². The lowest BCUT2D eigenvalue weighted by molar-refractivity contribution is 0.263. The molecular weight excluding hydrogens is 500 g/mol. The van der Waals surface area contributed by atoms with Crippen molar-refractivity contribution < 1.29 is 0 Å². The number of thiocarbonyl (C=S) groups is 1. The summed E-state index contributed by atoms with van der Waals surface area (Å²) >= 11 is 5.78. The highest BCUT2D eigenvalue weighted by atomic mass is 32.1. The second kappa shape index (κ2) is 19.4. The number of pyridine rings is 1. The van der Waals surface area contributed by atoms with Crippen molar-refractivity contribution in [3.05, 3.63) is 81.1 Å². The first kappa shape index (κ1) is 34.3. The molecule has 3 rings (SSSR count). The van der Waals surface area contributed by atoms with Crippen LogP contribution >= 0.6 is 12.2 Å². The fourth-order valence-corrected chi connectivity index (χ4v) is 4.28. The van der Waals surface area contributed by atoms with Crippen molar-refractivity contribution in [2.75, 3.05) is 32.7 Å². The smallest absolute Gasteiger partial charge is 0.253 e. The average molecular weight is 553 g/mol. The van der Waals surface area contributed by atoms with E-state index >= 15 is 0 Å². The molecule has 0 saturated carbocycles. The van der Waals surface area contributed by atoms with Crippen LogP contribution in [0, 0.1) is 13.8 Å². The summed E-state index contributed by atoms with van der Waals surface area (Å²) in [6.45, 7) is 21.9. The van der Waals surface area contributed by atoms with Crippen LogP contribution < -0.4 is 10.9 Å². The van der Waals surface area contributed by atoms with E-state index in [2.05, 4.69) is 112 Å². The van der Waals surface area contributed by atoms with Gasteiger partial charge in [0, 0.05) is 25.2 Å². The number of likely N-dealkylation sites (N-methyl/N-ethyl adjacent to an activating group) is 1. The minimum absolute atomic E-state index is 0.0453. The third-order valence-electron chi connectivity index (χ3n) is 6.39. The number of aromatic nitrogens is 1. The number of nitrogens with one attached hydrogen (secondary N) is 2. The number of aromatic amines is 1. The maximum Gasteiger partial charge on any atom is 0.253 e. The molecule has 0 radical (unpaired) electrons. The minimum Gasteiger partial charge on any atom is -0.362 e. The predicted octanol–water partition coefficient (Wildman–Crippen LogP) is 7.24. The molecule has 0 spiro atoms. The van der Waals surface area contributed by atoms with Crippen molar-refractivity contribution in [1.82, 2.24) is 20.1 Å². The molecule has 39 heavy (non-hydrogen) atoms. The van der Waals surface area contributed by atoms with Crippen LogP contribution in [0.2, 0.25) is 0 Å². The van der Waals surface area contributed by atoms with Gasteiger partial charge in [-0.1, -0.05) is 96.8 Å². The third kappa shape index (κ3) is 11.9. The molecule has 0 unspecified atom stereocenters. The molecule has 2 aromatic carbocycles. The van der Waals surface area contributed by atoms with E-state index in [1.807, 2.05) is 12.1 Å². The first-order valence-electron chi connectivity index (χ1n) is 14.7. The van der Waals surface area contributed by atoms with E-state index < -0.39 is 0 Å². The van der Waals surface area contributed by atoms with E-state index in [4.69, 9.17) is 12.2 Å². The summed E-state index contributed by atoms with van der Waals surface area (Å²) in [6.07, 6.45) is 3.40. The van der Waals surface area contributed by atoms with Crippen LogP contribution in [0.4, 0.5) is 0 Å². The van der Waals surface area contributed by atoms with Gasteiger partial charge in [0.1, 0.15) is 0 Å². The largest absolute Gasteiger partial charge is 0.362 e. The molecule has 6 heteroatoms. The summed E-state index contributed by atoms with van der Waals surface area (Å²) in [6, 6.07) is 16.6. The normalized spacial score (nSPS) is 10.4. The maximum atomic E-state index is 12.9. The van der Waals surface area contributed by atoms with Gasteiger partial charge in [-0.15, -0.1) is 0 Å². The molecule has 1 aromatic heterocycles. The Morgan fingerprint density at radius 3 is 2.10 bits per heavy atom. The molecule has 0 amide bonds. The SMILES string of the molecule is CCC.CCC.CCN(CC)CCN(Cc1cc2ccc(C)c(C)c2[nH]c1=O)C(=S)NCCc1ccccc1. The summed E-state index contributed by atoms with van der Waals surface area (Å²) in [5, 5.41) is 5.16. The highest BCUT2D eigenvalue weighted by Crippen LogP contribution is 2.19. The van der Waals surface area contributed by atoms with Gasteiger partial charge in [0.05, 0.1) is 12.1 Å². The Kier molecular flexibility index (Phi) is 17.1. The number of rotatable bonds is 10. The molecular formula is C33H52N4OS. The Morgan fingerprint density at radius 1 is 0.897 bits per heavy atom. The Bertz CT molecular complexity index is 1150. The average Bonchev–Trinajstić information content (AvgIpc) is 2.93. The molecule has 216 valence electrons. The lowest BCUT2D eigenvalue weighted by Gasteiger charge is -2.29. The molecule has 0 aliphatic rings. The highest BCUT2D eigenvalue weighted by Gasteiger charge is 2.15. The topological polar surface area (TPSA) is 51.4 Å². The monoisotopic (exact) mass is 552 g/mol. The zero-order valence-corrected chi connectivity index (χ0v) is 26.5. The summed E-state index contributed by atoms with van der Waals surface area (Å²) in [7, 11) is 0. The van der Waals surface area contributed by atoms with Gasteiger partial charge in [-0.05, 0) is 73.7 Å². The second-order valence-corrected chi connectivity index (χ2v) is 10.3. The van der Waals surface area contributed by atoms with Crippen LogP contribution in [0.15, 0.2) is 53.3 Å². The Hall–Kier alpha value is -2.70. The zero-order chi connectivity index (χ0) is 29.2. The second-order valence-electron chi connectivity index (χ2n) is 9.93. The molecule has 2 N–H and O–H groups in total. The van der Waals surface area contributed by atoms with Crippen LogP contribution in [0.25, 0.3) is 10.9 Å². The van der Waals surface area contributed by atoms with Crippen LogP contribution in [0.3, 0.4) is 0 Å². The first-order chi connectivity index (χ1) is 18.8. The van der Waals surface area contributed by atoms with Gasteiger partial charge in [-0.2, -0.15) is 0 Å². The fraction of sp³-hybridized carbons (Fsp3) is 0.515. The summed E-state index contributed by atoms with van der Waals surface area (Å²) < 4.78 is 0. The quantitative estimate of drug-likeness (QED) is 0.260. The van der Waals surface area contributed by atoms with Gasteiger partial charge < -0.3 is 20.1 Å². The number of benzene rings is 2. The first-order valence-corrected chi connectivity index (χ1v) is 15.1. The van der Waals surface area contributed by atoms with E-state index in [0.717, 1.165) is 61.2 Å². The van der Waals surface area contributed by atoms with Gasteiger partial charge in [0.15, 0.2) is 5.11 Å². The highest BCUT2D eigenvalue weighted by molar-refractivity contribution is 7.80. The Labute approximate surface area is 243 Å². The van der Waals surface area contributed by atoms with Gasteiger partial charge in [0.2, 0.25) is 0 Å². The molecule has 0 aliphatic heterocycles. The predicted molar refractivity (Wildman–Crippen MR) is 175 cm³/mol.